The van der Waals surface area contributed by atoms with Gasteiger partial charge in [-0.2, -0.15) is 11.8 Å². The molecule has 1 rings (SSSR count). The van der Waals surface area contributed by atoms with Gasteiger partial charge in [-0.05, 0) is 30.7 Å². The zero-order chi connectivity index (χ0) is 15.9. The first-order valence-corrected chi connectivity index (χ1v) is 8.49. The van der Waals surface area contributed by atoms with Crippen LogP contribution in [0.5, 0.6) is 11.5 Å². The van der Waals surface area contributed by atoms with E-state index in [4.69, 9.17) is 9.47 Å². The summed E-state index contributed by atoms with van der Waals surface area (Å²) >= 11 is 1.98. The molecule has 0 saturated heterocycles. The Bertz CT molecular complexity index is 429. The summed E-state index contributed by atoms with van der Waals surface area (Å²) in [6, 6.07) is 6.51. The summed E-state index contributed by atoms with van der Waals surface area (Å²) in [4.78, 5) is 0. The van der Waals surface area contributed by atoms with E-state index in [1.807, 2.05) is 17.8 Å². The average Bonchev–Trinajstić information content (AvgIpc) is 2.45. The van der Waals surface area contributed by atoms with Crippen molar-refractivity contribution >= 4 is 11.8 Å². The topological polar surface area (TPSA) is 30.5 Å². The molecule has 0 saturated carbocycles. The predicted molar refractivity (Wildman–Crippen MR) is 92.8 cm³/mol. The standard InChI is InChI=1S/C17H29NO2S/c1-7-10-18-14(12-21-17(2,3)4)13-8-9-15(19-5)16(11-13)20-6/h8-9,11,14,18H,7,10,12H2,1-6H3. The molecule has 0 aliphatic carbocycles. The van der Waals surface area contributed by atoms with Crippen molar-refractivity contribution < 1.29 is 9.47 Å². The molecular formula is C17H29NO2S. The zero-order valence-corrected chi connectivity index (χ0v) is 15.0. The summed E-state index contributed by atoms with van der Waals surface area (Å²) in [6.07, 6.45) is 1.13. The molecule has 3 nitrogen and oxygen atoms in total. The van der Waals surface area contributed by atoms with E-state index in [-0.39, 0.29) is 4.75 Å². The van der Waals surface area contributed by atoms with E-state index in [1.165, 1.54) is 5.56 Å². The molecule has 0 aliphatic heterocycles. The van der Waals surface area contributed by atoms with Gasteiger partial charge in [0.2, 0.25) is 0 Å². The number of hydrogen-bond donors (Lipinski definition) is 1. The van der Waals surface area contributed by atoms with E-state index in [1.54, 1.807) is 14.2 Å². The van der Waals surface area contributed by atoms with Gasteiger partial charge in [0.15, 0.2) is 11.5 Å². The van der Waals surface area contributed by atoms with Crippen LogP contribution in [0.3, 0.4) is 0 Å². The highest BCUT2D eigenvalue weighted by molar-refractivity contribution is 8.00. The molecule has 21 heavy (non-hydrogen) atoms. The molecule has 0 bridgehead atoms. The van der Waals surface area contributed by atoms with Crippen molar-refractivity contribution in [2.75, 3.05) is 26.5 Å². The Morgan fingerprint density at radius 1 is 1.14 bits per heavy atom. The predicted octanol–water partition coefficient (Wildman–Crippen LogP) is 4.28. The third-order valence-electron chi connectivity index (χ3n) is 3.13. The molecule has 4 heteroatoms. The Kier molecular flexibility index (Phi) is 7.40. The summed E-state index contributed by atoms with van der Waals surface area (Å²) in [5, 5.41) is 3.63. The van der Waals surface area contributed by atoms with Crippen molar-refractivity contribution in [2.24, 2.45) is 0 Å². The number of nitrogens with one attached hydrogen (secondary N) is 1. The van der Waals surface area contributed by atoms with Crippen molar-refractivity contribution in [3.05, 3.63) is 23.8 Å². The van der Waals surface area contributed by atoms with E-state index >= 15 is 0 Å². The second-order valence-corrected chi connectivity index (χ2v) is 7.89. The molecule has 1 N–H and O–H groups in total. The van der Waals surface area contributed by atoms with Crippen molar-refractivity contribution in [1.82, 2.24) is 5.32 Å². The van der Waals surface area contributed by atoms with E-state index in [9.17, 15) is 0 Å². The van der Waals surface area contributed by atoms with Gasteiger partial charge in [-0.25, -0.2) is 0 Å². The van der Waals surface area contributed by atoms with Crippen molar-refractivity contribution in [3.8, 4) is 11.5 Å². The Morgan fingerprint density at radius 2 is 1.81 bits per heavy atom. The minimum absolute atomic E-state index is 0.267. The van der Waals surface area contributed by atoms with Gasteiger partial charge in [-0.1, -0.05) is 33.8 Å². The van der Waals surface area contributed by atoms with Gasteiger partial charge in [0.05, 0.1) is 14.2 Å². The van der Waals surface area contributed by atoms with Crippen molar-refractivity contribution in [2.45, 2.75) is 44.9 Å². The average molecular weight is 311 g/mol. The summed E-state index contributed by atoms with van der Waals surface area (Å²) in [6.45, 7) is 9.97. The molecule has 0 heterocycles. The van der Waals surface area contributed by atoms with Crippen LogP contribution in [0.25, 0.3) is 0 Å². The fraction of sp³-hybridized carbons (Fsp3) is 0.647. The van der Waals surface area contributed by atoms with Crippen LogP contribution in [0.2, 0.25) is 0 Å². The molecule has 0 radical (unpaired) electrons. The summed E-state index contributed by atoms with van der Waals surface area (Å²) < 4.78 is 11.0. The van der Waals surface area contributed by atoms with Crippen LogP contribution in [0.1, 0.15) is 45.7 Å². The van der Waals surface area contributed by atoms with Gasteiger partial charge >= 0.3 is 0 Å². The molecule has 0 aliphatic rings. The van der Waals surface area contributed by atoms with E-state index < -0.39 is 0 Å². The number of thioether (sulfide) groups is 1. The van der Waals surface area contributed by atoms with Crippen LogP contribution in [0.15, 0.2) is 18.2 Å². The van der Waals surface area contributed by atoms with Crippen LogP contribution in [0, 0.1) is 0 Å². The molecule has 0 amide bonds. The monoisotopic (exact) mass is 311 g/mol. The van der Waals surface area contributed by atoms with Crippen LogP contribution in [0.4, 0.5) is 0 Å². The fourth-order valence-corrected chi connectivity index (χ4v) is 2.97. The number of hydrogen-bond acceptors (Lipinski definition) is 4. The lowest BCUT2D eigenvalue weighted by Crippen LogP contribution is -2.26. The third-order valence-corrected chi connectivity index (χ3v) is 4.50. The SMILES string of the molecule is CCCNC(CSC(C)(C)C)c1ccc(OC)c(OC)c1. The van der Waals surface area contributed by atoms with E-state index in [2.05, 4.69) is 45.1 Å². The highest BCUT2D eigenvalue weighted by Crippen LogP contribution is 2.33. The highest BCUT2D eigenvalue weighted by atomic mass is 32.2. The van der Waals surface area contributed by atoms with Gasteiger partial charge in [0.1, 0.15) is 0 Å². The van der Waals surface area contributed by atoms with Gasteiger partial charge in [0.25, 0.3) is 0 Å². The molecule has 0 fully saturated rings. The minimum Gasteiger partial charge on any atom is -0.493 e. The maximum Gasteiger partial charge on any atom is 0.161 e. The lowest BCUT2D eigenvalue weighted by Gasteiger charge is -2.24. The molecule has 1 atom stereocenters. The van der Waals surface area contributed by atoms with Gasteiger partial charge in [0, 0.05) is 16.5 Å². The fourth-order valence-electron chi connectivity index (χ4n) is 1.99. The number of methoxy groups -OCH3 is 2. The lowest BCUT2D eigenvalue weighted by molar-refractivity contribution is 0.354. The second kappa shape index (κ2) is 8.54. The molecule has 0 spiro atoms. The Hall–Kier alpha value is -0.870. The summed E-state index contributed by atoms with van der Waals surface area (Å²) in [5.41, 5.74) is 1.25. The van der Waals surface area contributed by atoms with Crippen LogP contribution < -0.4 is 14.8 Å². The quantitative estimate of drug-likeness (QED) is 0.776. The summed E-state index contributed by atoms with van der Waals surface area (Å²) in [7, 11) is 3.35. The maximum atomic E-state index is 5.42. The Labute approximate surface area is 133 Å². The van der Waals surface area contributed by atoms with E-state index in [0.717, 1.165) is 30.2 Å². The number of ether oxygens (including phenoxy) is 2. The third kappa shape index (κ3) is 6.18. The van der Waals surface area contributed by atoms with Gasteiger partial charge < -0.3 is 14.8 Å². The first kappa shape index (κ1) is 18.2. The van der Waals surface area contributed by atoms with Gasteiger partial charge in [-0.3, -0.25) is 0 Å². The lowest BCUT2D eigenvalue weighted by atomic mass is 10.1. The Balaban J connectivity index is 2.91. The Morgan fingerprint density at radius 3 is 2.33 bits per heavy atom. The molecule has 1 aromatic rings. The molecular weight excluding hydrogens is 282 g/mol. The second-order valence-electron chi connectivity index (χ2n) is 6.04. The minimum atomic E-state index is 0.267. The van der Waals surface area contributed by atoms with Crippen LogP contribution >= 0.6 is 11.8 Å². The largest absolute Gasteiger partial charge is 0.493 e. The van der Waals surface area contributed by atoms with Crippen LogP contribution in [-0.2, 0) is 0 Å². The normalized spacial score (nSPS) is 13.0. The first-order valence-electron chi connectivity index (χ1n) is 7.50. The molecule has 1 aromatic carbocycles. The first-order chi connectivity index (χ1) is 9.91. The summed E-state index contributed by atoms with van der Waals surface area (Å²) in [5.74, 6) is 2.61. The van der Waals surface area contributed by atoms with Crippen molar-refractivity contribution in [3.63, 3.8) is 0 Å². The van der Waals surface area contributed by atoms with Gasteiger partial charge in [-0.15, -0.1) is 0 Å². The maximum absolute atomic E-state index is 5.42. The molecule has 120 valence electrons. The van der Waals surface area contributed by atoms with Crippen LogP contribution in [-0.4, -0.2) is 31.3 Å². The van der Waals surface area contributed by atoms with E-state index in [0.29, 0.717) is 6.04 Å². The van der Waals surface area contributed by atoms with Crippen molar-refractivity contribution in [1.29, 1.82) is 0 Å². The molecule has 0 aromatic heterocycles. The smallest absolute Gasteiger partial charge is 0.161 e. The molecule has 1 unspecified atom stereocenters. The number of rotatable bonds is 8. The highest BCUT2D eigenvalue weighted by Gasteiger charge is 2.18. The zero-order valence-electron chi connectivity index (χ0n) is 14.2. The number of benzene rings is 1.